The number of rotatable bonds is 4. The second-order valence-corrected chi connectivity index (χ2v) is 4.82. The van der Waals surface area contributed by atoms with Gasteiger partial charge in [0, 0.05) is 23.5 Å². The Kier molecular flexibility index (Phi) is 4.75. The number of hydrogen-bond acceptors (Lipinski definition) is 4. The van der Waals surface area contributed by atoms with Crippen LogP contribution in [0.2, 0.25) is 5.02 Å². The van der Waals surface area contributed by atoms with E-state index in [4.69, 9.17) is 17.3 Å². The number of amides is 1. The summed E-state index contributed by atoms with van der Waals surface area (Å²) in [6, 6.07) is 11.0. The number of carbonyl (C=O) groups is 1. The van der Waals surface area contributed by atoms with Crippen molar-refractivity contribution in [2.75, 3.05) is 11.1 Å². The standard InChI is InChI=1S/C15H12ClN3O3/c16-13-7-6-12(9-14(13)19(21)22)18-15(20)8-3-10-1-4-11(17)5-2-10/h1-9H,17H2,(H,18,20)/b8-3+. The molecule has 0 atom stereocenters. The summed E-state index contributed by atoms with van der Waals surface area (Å²) >= 11 is 5.70. The number of nitro benzene ring substituents is 1. The Bertz CT molecular complexity index is 742. The van der Waals surface area contributed by atoms with Gasteiger partial charge < -0.3 is 11.1 Å². The third kappa shape index (κ3) is 4.07. The molecule has 3 N–H and O–H groups in total. The van der Waals surface area contributed by atoms with Gasteiger partial charge in [0.1, 0.15) is 5.02 Å². The first-order valence-electron chi connectivity index (χ1n) is 6.24. The van der Waals surface area contributed by atoms with E-state index >= 15 is 0 Å². The number of nitrogens with zero attached hydrogens (tertiary/aromatic N) is 1. The Morgan fingerprint density at radius 1 is 1.23 bits per heavy atom. The van der Waals surface area contributed by atoms with Gasteiger partial charge >= 0.3 is 0 Å². The number of nitro groups is 1. The highest BCUT2D eigenvalue weighted by atomic mass is 35.5. The van der Waals surface area contributed by atoms with Gasteiger partial charge in [0.15, 0.2) is 0 Å². The molecule has 0 spiro atoms. The van der Waals surface area contributed by atoms with Crippen molar-refractivity contribution in [2.24, 2.45) is 0 Å². The van der Waals surface area contributed by atoms with E-state index in [1.54, 1.807) is 30.3 Å². The van der Waals surface area contributed by atoms with Gasteiger partial charge in [-0.1, -0.05) is 23.7 Å². The molecule has 6 nitrogen and oxygen atoms in total. The summed E-state index contributed by atoms with van der Waals surface area (Å²) in [6.45, 7) is 0. The molecular weight excluding hydrogens is 306 g/mol. The van der Waals surface area contributed by atoms with Crippen molar-refractivity contribution >= 4 is 40.6 Å². The number of nitrogens with one attached hydrogen (secondary N) is 1. The molecule has 0 fully saturated rings. The van der Waals surface area contributed by atoms with E-state index < -0.39 is 10.8 Å². The summed E-state index contributed by atoms with van der Waals surface area (Å²) in [6.07, 6.45) is 2.94. The van der Waals surface area contributed by atoms with Crippen LogP contribution in [0.25, 0.3) is 6.08 Å². The van der Waals surface area contributed by atoms with Crippen LogP contribution in [-0.4, -0.2) is 10.8 Å². The summed E-state index contributed by atoms with van der Waals surface area (Å²) in [5, 5.41) is 13.3. The molecule has 0 saturated carbocycles. The lowest BCUT2D eigenvalue weighted by Gasteiger charge is -2.03. The fourth-order valence-electron chi connectivity index (χ4n) is 1.69. The van der Waals surface area contributed by atoms with Crippen molar-refractivity contribution in [2.45, 2.75) is 0 Å². The minimum absolute atomic E-state index is 0.0143. The topological polar surface area (TPSA) is 98.3 Å². The smallest absolute Gasteiger partial charge is 0.289 e. The first-order chi connectivity index (χ1) is 10.5. The summed E-state index contributed by atoms with van der Waals surface area (Å²) < 4.78 is 0. The number of hydrogen-bond donors (Lipinski definition) is 2. The number of carbonyl (C=O) groups excluding carboxylic acids is 1. The van der Waals surface area contributed by atoms with Crippen molar-refractivity contribution in [3.05, 3.63) is 69.2 Å². The number of nitrogens with two attached hydrogens (primary N) is 1. The quantitative estimate of drug-likeness (QED) is 0.390. The molecule has 0 bridgehead atoms. The van der Waals surface area contributed by atoms with Crippen LogP contribution in [-0.2, 0) is 4.79 Å². The fraction of sp³-hybridized carbons (Fsp3) is 0. The van der Waals surface area contributed by atoms with Crippen molar-refractivity contribution in [1.82, 2.24) is 0 Å². The molecule has 0 unspecified atom stereocenters. The number of benzene rings is 2. The maximum atomic E-state index is 11.8. The summed E-state index contributed by atoms with van der Waals surface area (Å²) in [7, 11) is 0. The monoisotopic (exact) mass is 317 g/mol. The molecule has 2 aromatic rings. The van der Waals surface area contributed by atoms with E-state index in [1.807, 2.05) is 0 Å². The van der Waals surface area contributed by atoms with Crippen LogP contribution in [0.4, 0.5) is 17.1 Å². The van der Waals surface area contributed by atoms with Gasteiger partial charge in [-0.2, -0.15) is 0 Å². The van der Waals surface area contributed by atoms with Crippen LogP contribution in [0.5, 0.6) is 0 Å². The molecule has 112 valence electrons. The van der Waals surface area contributed by atoms with E-state index in [1.165, 1.54) is 24.3 Å². The highest BCUT2D eigenvalue weighted by molar-refractivity contribution is 6.32. The van der Waals surface area contributed by atoms with Gasteiger partial charge in [-0.15, -0.1) is 0 Å². The van der Waals surface area contributed by atoms with Crippen LogP contribution in [0, 0.1) is 10.1 Å². The van der Waals surface area contributed by atoms with E-state index in [0.29, 0.717) is 11.4 Å². The molecule has 22 heavy (non-hydrogen) atoms. The van der Waals surface area contributed by atoms with Gasteiger partial charge in [0.2, 0.25) is 5.91 Å². The molecule has 2 aromatic carbocycles. The van der Waals surface area contributed by atoms with Gasteiger partial charge in [-0.25, -0.2) is 0 Å². The van der Waals surface area contributed by atoms with Crippen LogP contribution >= 0.6 is 11.6 Å². The molecule has 0 aromatic heterocycles. The van der Waals surface area contributed by atoms with Crippen LogP contribution in [0.1, 0.15) is 5.56 Å². The Morgan fingerprint density at radius 3 is 2.55 bits per heavy atom. The number of nitrogen functional groups attached to an aromatic ring is 1. The van der Waals surface area contributed by atoms with E-state index in [9.17, 15) is 14.9 Å². The molecule has 7 heteroatoms. The first-order valence-corrected chi connectivity index (χ1v) is 6.62. The lowest BCUT2D eigenvalue weighted by atomic mass is 10.2. The highest BCUT2D eigenvalue weighted by Crippen LogP contribution is 2.27. The third-order valence-electron chi connectivity index (χ3n) is 2.77. The number of halogens is 1. The predicted octanol–water partition coefficient (Wildman–Crippen LogP) is 3.48. The molecule has 1 amide bonds. The molecule has 0 aliphatic rings. The van der Waals surface area contributed by atoms with Crippen molar-refractivity contribution in [3.63, 3.8) is 0 Å². The Hall–Kier alpha value is -2.86. The minimum Gasteiger partial charge on any atom is -0.399 e. The average molecular weight is 318 g/mol. The molecule has 0 saturated heterocycles. The van der Waals surface area contributed by atoms with Gasteiger partial charge in [0.25, 0.3) is 5.69 Å². The van der Waals surface area contributed by atoms with Crippen molar-refractivity contribution in [3.8, 4) is 0 Å². The van der Waals surface area contributed by atoms with E-state index in [2.05, 4.69) is 5.32 Å². The average Bonchev–Trinajstić information content (AvgIpc) is 2.48. The molecule has 0 radical (unpaired) electrons. The maximum Gasteiger partial charge on any atom is 0.289 e. The van der Waals surface area contributed by atoms with E-state index in [-0.39, 0.29) is 10.7 Å². The van der Waals surface area contributed by atoms with Gasteiger partial charge in [-0.05, 0) is 35.9 Å². The first kappa shape index (κ1) is 15.5. The zero-order valence-electron chi connectivity index (χ0n) is 11.3. The Morgan fingerprint density at radius 2 is 1.91 bits per heavy atom. The summed E-state index contributed by atoms with van der Waals surface area (Å²) in [5.41, 5.74) is 7.04. The van der Waals surface area contributed by atoms with Crippen molar-refractivity contribution in [1.29, 1.82) is 0 Å². The lowest BCUT2D eigenvalue weighted by Crippen LogP contribution is -2.08. The molecule has 2 rings (SSSR count). The van der Waals surface area contributed by atoms with Crippen LogP contribution in [0.15, 0.2) is 48.5 Å². The highest BCUT2D eigenvalue weighted by Gasteiger charge is 2.13. The maximum absolute atomic E-state index is 11.8. The summed E-state index contributed by atoms with van der Waals surface area (Å²) in [4.78, 5) is 22.0. The van der Waals surface area contributed by atoms with Gasteiger partial charge in [0.05, 0.1) is 4.92 Å². The minimum atomic E-state index is -0.609. The number of anilines is 2. The SMILES string of the molecule is Nc1ccc(/C=C/C(=O)Nc2ccc(Cl)c([N+](=O)[O-])c2)cc1. The second kappa shape index (κ2) is 6.73. The normalized spacial score (nSPS) is 10.6. The second-order valence-electron chi connectivity index (χ2n) is 4.41. The van der Waals surface area contributed by atoms with E-state index in [0.717, 1.165) is 5.56 Å². The zero-order valence-corrected chi connectivity index (χ0v) is 12.1. The lowest BCUT2D eigenvalue weighted by molar-refractivity contribution is -0.384. The molecular formula is C15H12ClN3O3. The fourth-order valence-corrected chi connectivity index (χ4v) is 1.88. The van der Waals surface area contributed by atoms with Crippen LogP contribution in [0.3, 0.4) is 0 Å². The van der Waals surface area contributed by atoms with Gasteiger partial charge in [-0.3, -0.25) is 14.9 Å². The zero-order chi connectivity index (χ0) is 16.1. The predicted molar refractivity (Wildman–Crippen MR) is 86.6 cm³/mol. The molecule has 0 aliphatic carbocycles. The summed E-state index contributed by atoms with van der Waals surface area (Å²) in [5.74, 6) is -0.409. The molecule has 0 aliphatic heterocycles. The molecule has 0 heterocycles. The Labute approximate surface area is 131 Å². The van der Waals surface area contributed by atoms with Crippen molar-refractivity contribution < 1.29 is 9.72 Å². The largest absolute Gasteiger partial charge is 0.399 e. The van der Waals surface area contributed by atoms with Crippen LogP contribution < -0.4 is 11.1 Å². The third-order valence-corrected chi connectivity index (χ3v) is 3.09. The Balaban J connectivity index is 2.07.